The number of aromatic nitrogens is 4. The summed E-state index contributed by atoms with van der Waals surface area (Å²) in [6, 6.07) is 10.1. The quantitative estimate of drug-likeness (QED) is 0.769. The van der Waals surface area contributed by atoms with Crippen molar-refractivity contribution in [2.24, 2.45) is 7.05 Å². The average Bonchev–Trinajstić information content (AvgIpc) is 2.95. The van der Waals surface area contributed by atoms with Gasteiger partial charge in [-0.15, -0.1) is 0 Å². The maximum absolute atomic E-state index is 12.0. The summed E-state index contributed by atoms with van der Waals surface area (Å²) in [6.07, 6.45) is 3.07. The fourth-order valence-electron chi connectivity index (χ4n) is 1.94. The number of carbonyl (C=O) groups excluding carboxylic acids is 1. The third-order valence-electron chi connectivity index (χ3n) is 3.00. The van der Waals surface area contributed by atoms with Crippen LogP contribution in [0.25, 0.3) is 11.4 Å². The molecule has 7 heteroatoms. The van der Waals surface area contributed by atoms with Crippen LogP contribution in [0, 0.1) is 0 Å². The molecular formula is C15H13N5O2. The van der Waals surface area contributed by atoms with Gasteiger partial charge in [0.1, 0.15) is 12.1 Å². The molecule has 0 aliphatic rings. The van der Waals surface area contributed by atoms with Crippen molar-refractivity contribution in [3.05, 3.63) is 54.6 Å². The highest BCUT2D eigenvalue weighted by molar-refractivity contribution is 6.04. The Morgan fingerprint density at radius 3 is 2.59 bits per heavy atom. The van der Waals surface area contributed by atoms with Gasteiger partial charge in [0, 0.05) is 24.5 Å². The highest BCUT2D eigenvalue weighted by Crippen LogP contribution is 2.19. The summed E-state index contributed by atoms with van der Waals surface area (Å²) in [5.41, 5.74) is 1.42. The number of pyridine rings is 1. The largest absolute Gasteiger partial charge is 0.505 e. The molecular weight excluding hydrogens is 282 g/mol. The maximum atomic E-state index is 12.0. The van der Waals surface area contributed by atoms with Crippen LogP contribution in [-0.4, -0.2) is 30.8 Å². The Morgan fingerprint density at radius 2 is 1.95 bits per heavy atom. The van der Waals surface area contributed by atoms with E-state index in [9.17, 15) is 9.90 Å². The minimum absolute atomic E-state index is 0.0158. The first-order valence-electron chi connectivity index (χ1n) is 6.55. The van der Waals surface area contributed by atoms with Crippen molar-refractivity contribution in [2.45, 2.75) is 0 Å². The molecule has 0 bridgehead atoms. The molecule has 1 amide bonds. The fraction of sp³-hybridized carbons (Fsp3) is 0.0667. The molecule has 0 aliphatic carbocycles. The Kier molecular flexibility index (Phi) is 3.53. The molecule has 0 radical (unpaired) electrons. The Balaban J connectivity index is 1.76. The van der Waals surface area contributed by atoms with E-state index in [0.717, 1.165) is 5.56 Å². The molecule has 110 valence electrons. The lowest BCUT2D eigenvalue weighted by molar-refractivity contribution is 0.101. The van der Waals surface area contributed by atoms with Crippen LogP contribution in [0.4, 0.5) is 5.69 Å². The second-order valence-electron chi connectivity index (χ2n) is 4.64. The number of aromatic hydroxyl groups is 1. The molecule has 2 aromatic heterocycles. The van der Waals surface area contributed by atoms with Gasteiger partial charge < -0.3 is 10.4 Å². The zero-order chi connectivity index (χ0) is 15.5. The topological polar surface area (TPSA) is 92.9 Å². The van der Waals surface area contributed by atoms with Crippen molar-refractivity contribution in [1.82, 2.24) is 19.7 Å². The van der Waals surface area contributed by atoms with Crippen molar-refractivity contribution < 1.29 is 9.90 Å². The number of hydrogen-bond donors (Lipinski definition) is 2. The van der Waals surface area contributed by atoms with E-state index in [2.05, 4.69) is 20.4 Å². The number of carbonyl (C=O) groups is 1. The van der Waals surface area contributed by atoms with E-state index < -0.39 is 5.91 Å². The van der Waals surface area contributed by atoms with Crippen molar-refractivity contribution in [3.63, 3.8) is 0 Å². The predicted octanol–water partition coefficient (Wildman–Crippen LogP) is 1.83. The van der Waals surface area contributed by atoms with Gasteiger partial charge in [-0.1, -0.05) is 0 Å². The zero-order valence-electron chi connectivity index (χ0n) is 11.8. The Morgan fingerprint density at radius 1 is 1.18 bits per heavy atom. The van der Waals surface area contributed by atoms with Gasteiger partial charge in [-0.25, -0.2) is 9.97 Å². The number of nitrogens with zero attached hydrogens (tertiary/aromatic N) is 4. The minimum atomic E-state index is -0.471. The van der Waals surface area contributed by atoms with Gasteiger partial charge in [0.2, 0.25) is 0 Å². The standard InChI is InChI=1S/C15H13N5O2/c1-20-9-17-14(19-20)10-4-6-11(7-5-10)18-15(22)13-12(21)3-2-8-16-13/h2-9,21H,1H3,(H,18,22). The summed E-state index contributed by atoms with van der Waals surface area (Å²) in [5, 5.41) is 16.5. The minimum Gasteiger partial charge on any atom is -0.505 e. The van der Waals surface area contributed by atoms with Gasteiger partial charge in [-0.3, -0.25) is 9.48 Å². The van der Waals surface area contributed by atoms with Gasteiger partial charge in [-0.2, -0.15) is 5.10 Å². The molecule has 1 aromatic carbocycles. The first kappa shape index (κ1) is 13.7. The van der Waals surface area contributed by atoms with E-state index in [1.54, 1.807) is 36.3 Å². The normalized spacial score (nSPS) is 10.4. The third-order valence-corrected chi connectivity index (χ3v) is 3.00. The van der Waals surface area contributed by atoms with Gasteiger partial charge in [0.05, 0.1) is 0 Å². The van der Waals surface area contributed by atoms with Crippen molar-refractivity contribution >= 4 is 11.6 Å². The summed E-state index contributed by atoms with van der Waals surface area (Å²) < 4.78 is 1.62. The van der Waals surface area contributed by atoms with E-state index in [-0.39, 0.29) is 11.4 Å². The number of aryl methyl sites for hydroxylation is 1. The van der Waals surface area contributed by atoms with Gasteiger partial charge in [0.15, 0.2) is 11.5 Å². The number of rotatable bonds is 3. The van der Waals surface area contributed by atoms with Crippen molar-refractivity contribution in [1.29, 1.82) is 0 Å². The molecule has 2 N–H and O–H groups in total. The van der Waals surface area contributed by atoms with Crippen LogP contribution < -0.4 is 5.32 Å². The van der Waals surface area contributed by atoms with E-state index in [0.29, 0.717) is 11.5 Å². The molecule has 0 spiro atoms. The molecule has 22 heavy (non-hydrogen) atoms. The Hall–Kier alpha value is -3.22. The zero-order valence-corrected chi connectivity index (χ0v) is 11.8. The van der Waals surface area contributed by atoms with Gasteiger partial charge in [0.25, 0.3) is 5.91 Å². The van der Waals surface area contributed by atoms with Crippen molar-refractivity contribution in [3.8, 4) is 17.1 Å². The summed E-state index contributed by atoms with van der Waals surface area (Å²) in [4.78, 5) is 20.0. The predicted molar refractivity (Wildman–Crippen MR) is 80.3 cm³/mol. The van der Waals surface area contributed by atoms with Crippen LogP contribution >= 0.6 is 0 Å². The van der Waals surface area contributed by atoms with Crippen LogP contribution in [0.5, 0.6) is 5.75 Å². The first-order valence-corrected chi connectivity index (χ1v) is 6.55. The van der Waals surface area contributed by atoms with Crippen molar-refractivity contribution in [2.75, 3.05) is 5.32 Å². The Labute approximate surface area is 126 Å². The second-order valence-corrected chi connectivity index (χ2v) is 4.64. The van der Waals surface area contributed by atoms with Gasteiger partial charge >= 0.3 is 0 Å². The molecule has 0 saturated heterocycles. The maximum Gasteiger partial charge on any atom is 0.278 e. The van der Waals surface area contributed by atoms with Crippen LogP contribution in [0.3, 0.4) is 0 Å². The average molecular weight is 295 g/mol. The number of benzene rings is 1. The lowest BCUT2D eigenvalue weighted by Gasteiger charge is -2.06. The monoisotopic (exact) mass is 295 g/mol. The number of anilines is 1. The molecule has 7 nitrogen and oxygen atoms in total. The molecule has 0 fully saturated rings. The van der Waals surface area contributed by atoms with Crippen LogP contribution in [0.1, 0.15) is 10.5 Å². The summed E-state index contributed by atoms with van der Waals surface area (Å²) in [6.45, 7) is 0. The number of nitrogens with one attached hydrogen (secondary N) is 1. The van der Waals surface area contributed by atoms with Crippen LogP contribution in [0.15, 0.2) is 48.9 Å². The molecule has 0 unspecified atom stereocenters. The number of amides is 1. The summed E-state index contributed by atoms with van der Waals surface area (Å²) in [5.74, 6) is -0.0149. The van der Waals surface area contributed by atoms with Crippen LogP contribution in [-0.2, 0) is 7.05 Å². The molecule has 2 heterocycles. The SMILES string of the molecule is Cn1cnc(-c2ccc(NC(=O)c3ncccc3O)cc2)n1. The summed E-state index contributed by atoms with van der Waals surface area (Å²) in [7, 11) is 1.80. The highest BCUT2D eigenvalue weighted by atomic mass is 16.3. The second kappa shape index (κ2) is 5.65. The lowest BCUT2D eigenvalue weighted by Crippen LogP contribution is -2.13. The van der Waals surface area contributed by atoms with E-state index in [4.69, 9.17) is 0 Å². The summed E-state index contributed by atoms with van der Waals surface area (Å²) >= 11 is 0. The first-order chi connectivity index (χ1) is 10.6. The van der Waals surface area contributed by atoms with E-state index in [1.165, 1.54) is 12.3 Å². The van der Waals surface area contributed by atoms with Gasteiger partial charge in [-0.05, 0) is 36.4 Å². The molecule has 0 aliphatic heterocycles. The molecule has 0 saturated carbocycles. The van der Waals surface area contributed by atoms with E-state index >= 15 is 0 Å². The van der Waals surface area contributed by atoms with E-state index in [1.807, 2.05) is 12.1 Å². The number of hydrogen-bond acceptors (Lipinski definition) is 5. The fourth-order valence-corrected chi connectivity index (χ4v) is 1.94. The Bertz CT molecular complexity index is 811. The lowest BCUT2D eigenvalue weighted by atomic mass is 10.2. The smallest absolute Gasteiger partial charge is 0.278 e. The third kappa shape index (κ3) is 2.78. The molecule has 3 aromatic rings. The molecule has 0 atom stereocenters. The molecule has 3 rings (SSSR count). The van der Waals surface area contributed by atoms with Crippen LogP contribution in [0.2, 0.25) is 0 Å². The highest BCUT2D eigenvalue weighted by Gasteiger charge is 2.12.